The van der Waals surface area contributed by atoms with E-state index in [1.165, 1.54) is 0 Å². The predicted molar refractivity (Wildman–Crippen MR) is 110 cm³/mol. The summed E-state index contributed by atoms with van der Waals surface area (Å²) in [6.45, 7) is 5.01. The average Bonchev–Trinajstić information content (AvgIpc) is 3.32. The molecule has 28 heavy (non-hydrogen) atoms. The third-order valence-electron chi connectivity index (χ3n) is 6.16. The van der Waals surface area contributed by atoms with Crippen molar-refractivity contribution in [1.29, 1.82) is 0 Å². The van der Waals surface area contributed by atoms with E-state index in [0.717, 1.165) is 68.6 Å². The number of ether oxygens (including phenoxy) is 2. The van der Waals surface area contributed by atoms with Crippen LogP contribution in [0.2, 0.25) is 0 Å². The van der Waals surface area contributed by atoms with Crippen LogP contribution in [-0.2, 0) is 9.47 Å². The van der Waals surface area contributed by atoms with Crippen molar-refractivity contribution in [2.24, 2.45) is 5.92 Å². The molecule has 6 heteroatoms. The van der Waals surface area contributed by atoms with Gasteiger partial charge in [0.1, 0.15) is 0 Å². The minimum absolute atomic E-state index is 0.117. The van der Waals surface area contributed by atoms with E-state index in [2.05, 4.69) is 16.9 Å². The van der Waals surface area contributed by atoms with Crippen LogP contribution in [0.1, 0.15) is 29.6 Å². The molecule has 2 aromatic rings. The van der Waals surface area contributed by atoms with Crippen LogP contribution < -0.4 is 0 Å². The standard InChI is InChI=1S/C22H31N3O3/c1-24(10-11-27-2)14-17-13-22(28-15-17)7-3-9-25(16-22)21(26)19-4-5-20-18(12-19)6-8-23-20/h4-6,8,12,17,23H,3,7,9-11,13-16H2,1-2H3/t17-,22-/m1/s1. The van der Waals surface area contributed by atoms with Crippen molar-refractivity contribution in [3.63, 3.8) is 0 Å². The molecule has 0 radical (unpaired) electrons. The number of aromatic nitrogens is 1. The van der Waals surface area contributed by atoms with Gasteiger partial charge in [-0.2, -0.15) is 0 Å². The number of rotatable bonds is 6. The van der Waals surface area contributed by atoms with Gasteiger partial charge in [-0.25, -0.2) is 0 Å². The van der Waals surface area contributed by atoms with Crippen molar-refractivity contribution < 1.29 is 14.3 Å². The summed E-state index contributed by atoms with van der Waals surface area (Å²) < 4.78 is 11.5. The molecule has 0 aliphatic carbocycles. The van der Waals surface area contributed by atoms with E-state index in [9.17, 15) is 4.79 Å². The second kappa shape index (κ2) is 8.23. The summed E-state index contributed by atoms with van der Waals surface area (Å²) in [5, 5.41) is 1.08. The van der Waals surface area contributed by atoms with E-state index in [0.29, 0.717) is 12.5 Å². The third-order valence-corrected chi connectivity index (χ3v) is 6.16. The predicted octanol–water partition coefficient (Wildman–Crippen LogP) is 2.76. The molecule has 152 valence electrons. The fourth-order valence-corrected chi connectivity index (χ4v) is 4.76. The first-order chi connectivity index (χ1) is 13.6. The maximum absolute atomic E-state index is 13.1. The number of carbonyl (C=O) groups is 1. The molecule has 2 fully saturated rings. The molecule has 3 heterocycles. The van der Waals surface area contributed by atoms with Gasteiger partial charge in [-0.15, -0.1) is 0 Å². The Morgan fingerprint density at radius 3 is 3.18 bits per heavy atom. The second-order valence-corrected chi connectivity index (χ2v) is 8.43. The van der Waals surface area contributed by atoms with Gasteiger partial charge in [-0.05, 0) is 56.5 Å². The maximum Gasteiger partial charge on any atom is 0.253 e. The van der Waals surface area contributed by atoms with Gasteiger partial charge in [0.15, 0.2) is 0 Å². The van der Waals surface area contributed by atoms with Crippen molar-refractivity contribution in [3.8, 4) is 0 Å². The number of likely N-dealkylation sites (N-methyl/N-ethyl adjacent to an activating group) is 1. The summed E-state index contributed by atoms with van der Waals surface area (Å²) >= 11 is 0. The molecule has 1 N–H and O–H groups in total. The molecule has 0 unspecified atom stereocenters. The molecule has 2 aliphatic heterocycles. The highest BCUT2D eigenvalue weighted by Crippen LogP contribution is 2.38. The number of carbonyl (C=O) groups excluding carboxylic acids is 1. The molecule has 0 saturated carbocycles. The first-order valence-corrected chi connectivity index (χ1v) is 10.3. The van der Waals surface area contributed by atoms with Gasteiger partial charge in [-0.1, -0.05) is 0 Å². The number of likely N-dealkylation sites (tertiary alicyclic amines) is 1. The summed E-state index contributed by atoms with van der Waals surface area (Å²) in [5.41, 5.74) is 1.66. The van der Waals surface area contributed by atoms with E-state index in [4.69, 9.17) is 9.47 Å². The van der Waals surface area contributed by atoms with Gasteiger partial charge < -0.3 is 24.3 Å². The molecule has 2 saturated heterocycles. The second-order valence-electron chi connectivity index (χ2n) is 8.43. The number of hydrogen-bond donors (Lipinski definition) is 1. The first-order valence-electron chi connectivity index (χ1n) is 10.3. The molecule has 1 aromatic heterocycles. The number of methoxy groups -OCH3 is 1. The Morgan fingerprint density at radius 2 is 2.32 bits per heavy atom. The number of piperidine rings is 1. The molecule has 2 aliphatic rings. The zero-order valence-electron chi connectivity index (χ0n) is 16.9. The topological polar surface area (TPSA) is 57.8 Å². The molecule has 1 amide bonds. The minimum atomic E-state index is -0.168. The van der Waals surface area contributed by atoms with Gasteiger partial charge in [0, 0.05) is 56.0 Å². The van der Waals surface area contributed by atoms with E-state index in [1.54, 1.807) is 7.11 Å². The maximum atomic E-state index is 13.1. The lowest BCUT2D eigenvalue weighted by Crippen LogP contribution is -2.50. The van der Waals surface area contributed by atoms with Crippen molar-refractivity contribution >= 4 is 16.8 Å². The number of amides is 1. The van der Waals surface area contributed by atoms with Crippen LogP contribution in [0.4, 0.5) is 0 Å². The molecular formula is C22H31N3O3. The van der Waals surface area contributed by atoms with Crippen LogP contribution in [0.15, 0.2) is 30.5 Å². The van der Waals surface area contributed by atoms with Crippen molar-refractivity contribution in [3.05, 3.63) is 36.0 Å². The minimum Gasteiger partial charge on any atom is -0.383 e. The Kier molecular flexibility index (Phi) is 5.71. The van der Waals surface area contributed by atoms with Crippen molar-refractivity contribution in [1.82, 2.24) is 14.8 Å². The largest absolute Gasteiger partial charge is 0.383 e. The van der Waals surface area contributed by atoms with Crippen LogP contribution in [0.3, 0.4) is 0 Å². The van der Waals surface area contributed by atoms with Crippen molar-refractivity contribution in [2.75, 3.05) is 53.6 Å². The number of nitrogens with zero attached hydrogens (tertiary/aromatic N) is 2. The molecular weight excluding hydrogens is 354 g/mol. The highest BCUT2D eigenvalue weighted by atomic mass is 16.5. The van der Waals surface area contributed by atoms with E-state index in [-0.39, 0.29) is 11.5 Å². The Bertz CT molecular complexity index is 820. The SMILES string of the molecule is COCCN(C)C[C@@H]1CO[C@]2(CCCN(C(=O)c3ccc4[nH]ccc4c3)C2)C1. The lowest BCUT2D eigenvalue weighted by Gasteiger charge is -2.40. The summed E-state index contributed by atoms with van der Waals surface area (Å²) in [6, 6.07) is 7.90. The van der Waals surface area contributed by atoms with Gasteiger partial charge >= 0.3 is 0 Å². The van der Waals surface area contributed by atoms with Crippen LogP contribution in [0, 0.1) is 5.92 Å². The van der Waals surface area contributed by atoms with E-state index in [1.807, 2.05) is 35.4 Å². The Hall–Kier alpha value is -1.89. The van der Waals surface area contributed by atoms with Gasteiger partial charge in [0.2, 0.25) is 0 Å². The van der Waals surface area contributed by atoms with Crippen LogP contribution in [0.25, 0.3) is 10.9 Å². The number of aromatic amines is 1. The fraction of sp³-hybridized carbons (Fsp3) is 0.591. The smallest absolute Gasteiger partial charge is 0.253 e. The lowest BCUT2D eigenvalue weighted by molar-refractivity contribution is -0.0450. The summed E-state index contributed by atoms with van der Waals surface area (Å²) in [4.78, 5) is 20.6. The van der Waals surface area contributed by atoms with Crippen LogP contribution in [0.5, 0.6) is 0 Å². The number of hydrogen-bond acceptors (Lipinski definition) is 4. The summed E-state index contributed by atoms with van der Waals surface area (Å²) in [7, 11) is 3.88. The molecule has 0 bridgehead atoms. The molecule has 2 atom stereocenters. The quantitative estimate of drug-likeness (QED) is 0.831. The monoisotopic (exact) mass is 385 g/mol. The third kappa shape index (κ3) is 4.09. The summed E-state index contributed by atoms with van der Waals surface area (Å²) in [6.07, 6.45) is 4.99. The summed E-state index contributed by atoms with van der Waals surface area (Å²) in [5.74, 6) is 0.638. The normalized spacial score (nSPS) is 25.2. The molecule has 6 nitrogen and oxygen atoms in total. The Morgan fingerprint density at radius 1 is 1.43 bits per heavy atom. The van der Waals surface area contributed by atoms with Gasteiger partial charge in [0.25, 0.3) is 5.91 Å². The van der Waals surface area contributed by atoms with Gasteiger partial charge in [0.05, 0.1) is 18.8 Å². The Balaban J connectivity index is 1.39. The molecule has 1 spiro atoms. The van der Waals surface area contributed by atoms with Crippen LogP contribution in [-0.4, -0.2) is 79.8 Å². The number of nitrogens with one attached hydrogen (secondary N) is 1. The zero-order valence-corrected chi connectivity index (χ0v) is 16.9. The molecule has 4 rings (SSSR count). The van der Waals surface area contributed by atoms with Crippen molar-refractivity contribution in [2.45, 2.75) is 24.9 Å². The Labute approximate surface area is 166 Å². The fourth-order valence-electron chi connectivity index (χ4n) is 4.76. The first kappa shape index (κ1) is 19.4. The van der Waals surface area contributed by atoms with Gasteiger partial charge in [-0.3, -0.25) is 4.79 Å². The highest BCUT2D eigenvalue weighted by molar-refractivity contribution is 5.98. The van der Waals surface area contributed by atoms with E-state index >= 15 is 0 Å². The molecule has 1 aromatic carbocycles. The number of H-pyrrole nitrogens is 1. The number of benzene rings is 1. The lowest BCUT2D eigenvalue weighted by atomic mass is 9.86. The van der Waals surface area contributed by atoms with E-state index < -0.39 is 0 Å². The highest BCUT2D eigenvalue weighted by Gasteiger charge is 2.44. The average molecular weight is 386 g/mol. The number of fused-ring (bicyclic) bond motifs is 1. The van der Waals surface area contributed by atoms with Crippen LogP contribution >= 0.6 is 0 Å². The zero-order chi connectivity index (χ0) is 19.6.